The molecule has 0 fully saturated rings. The molecule has 0 saturated heterocycles. The number of nitrogens with zero attached hydrogens (tertiary/aromatic N) is 4. The van der Waals surface area contributed by atoms with Crippen LogP contribution < -0.4 is 10.6 Å². The lowest BCUT2D eigenvalue weighted by Crippen LogP contribution is -2.35. The molecule has 0 spiro atoms. The van der Waals surface area contributed by atoms with Gasteiger partial charge in [0, 0.05) is 30.9 Å². The van der Waals surface area contributed by atoms with Crippen molar-refractivity contribution >= 4 is 17.6 Å². The number of hydrogen-bond donors (Lipinski definition) is 1. The maximum atomic E-state index is 13.2. The minimum Gasteiger partial charge on any atom is -0.368 e. The minimum atomic E-state index is -0.589. The number of primary amides is 1. The van der Waals surface area contributed by atoms with E-state index in [0.29, 0.717) is 19.6 Å². The van der Waals surface area contributed by atoms with E-state index in [-0.39, 0.29) is 17.5 Å². The van der Waals surface area contributed by atoms with Gasteiger partial charge in [-0.15, -0.1) is 0 Å². The van der Waals surface area contributed by atoms with E-state index in [0.717, 1.165) is 28.2 Å². The van der Waals surface area contributed by atoms with Crippen molar-refractivity contribution in [3.63, 3.8) is 0 Å². The van der Waals surface area contributed by atoms with Crippen LogP contribution in [0.25, 0.3) is 0 Å². The predicted octanol–water partition coefficient (Wildman–Crippen LogP) is 1.25. The number of amides is 2. The third-order valence-electron chi connectivity index (χ3n) is 5.38. The standard InChI is InChI=1S/C18H21N5O3/c1-9-10(2)21-23-5-4-12(18(25)22(3)17(9)23)15-13-6-14(16(19)24)20-7-11(13)8-26-15/h6-7,12,15H,4-5,8H2,1-3H3,(H2,19,24)/t12-,15?/m0/s1. The first-order valence-electron chi connectivity index (χ1n) is 8.60. The third kappa shape index (κ3) is 2.40. The zero-order valence-corrected chi connectivity index (χ0v) is 15.0. The van der Waals surface area contributed by atoms with Crippen molar-refractivity contribution in [2.24, 2.45) is 11.7 Å². The van der Waals surface area contributed by atoms with Crippen molar-refractivity contribution in [2.45, 2.75) is 39.5 Å². The highest BCUT2D eigenvalue weighted by Crippen LogP contribution is 2.41. The van der Waals surface area contributed by atoms with E-state index < -0.39 is 12.0 Å². The van der Waals surface area contributed by atoms with Crippen LogP contribution in [0.1, 0.15) is 45.4 Å². The number of aromatic nitrogens is 3. The first kappa shape index (κ1) is 16.7. The van der Waals surface area contributed by atoms with Crippen LogP contribution in [0.4, 0.5) is 5.82 Å². The van der Waals surface area contributed by atoms with E-state index in [1.807, 2.05) is 18.5 Å². The summed E-state index contributed by atoms with van der Waals surface area (Å²) in [6, 6.07) is 1.65. The van der Waals surface area contributed by atoms with Gasteiger partial charge in [0.1, 0.15) is 11.5 Å². The molecule has 2 atom stereocenters. The number of hydrogen-bond acceptors (Lipinski definition) is 5. The lowest BCUT2D eigenvalue weighted by Gasteiger charge is -2.25. The van der Waals surface area contributed by atoms with Gasteiger partial charge in [-0.05, 0) is 31.9 Å². The summed E-state index contributed by atoms with van der Waals surface area (Å²) in [6.45, 7) is 4.93. The van der Waals surface area contributed by atoms with E-state index in [9.17, 15) is 9.59 Å². The number of pyridine rings is 1. The van der Waals surface area contributed by atoms with Crippen molar-refractivity contribution in [1.82, 2.24) is 14.8 Å². The fourth-order valence-electron chi connectivity index (χ4n) is 3.88. The van der Waals surface area contributed by atoms with Crippen molar-refractivity contribution in [3.8, 4) is 0 Å². The Kier molecular flexibility index (Phi) is 3.80. The molecular formula is C18H21N5O3. The van der Waals surface area contributed by atoms with E-state index >= 15 is 0 Å². The lowest BCUT2D eigenvalue weighted by molar-refractivity contribution is -0.127. The molecule has 0 saturated carbocycles. The number of anilines is 1. The third-order valence-corrected chi connectivity index (χ3v) is 5.38. The zero-order valence-electron chi connectivity index (χ0n) is 15.0. The number of nitrogens with two attached hydrogens (primary N) is 1. The van der Waals surface area contributed by atoms with Crippen LogP contribution in [0, 0.1) is 19.8 Å². The Bertz CT molecular complexity index is 920. The quantitative estimate of drug-likeness (QED) is 0.873. The number of aryl methyl sites for hydroxylation is 2. The lowest BCUT2D eigenvalue weighted by atomic mass is 9.91. The Balaban J connectivity index is 1.70. The van der Waals surface area contributed by atoms with Crippen LogP contribution in [0.5, 0.6) is 0 Å². The molecule has 2 N–H and O–H groups in total. The molecule has 2 aliphatic heterocycles. The van der Waals surface area contributed by atoms with Crippen molar-refractivity contribution in [2.75, 3.05) is 11.9 Å². The van der Waals surface area contributed by atoms with E-state index in [1.165, 1.54) is 0 Å². The summed E-state index contributed by atoms with van der Waals surface area (Å²) in [6.07, 6.45) is 1.81. The molecule has 136 valence electrons. The summed E-state index contributed by atoms with van der Waals surface area (Å²) in [5.74, 6) is -0.123. The fourth-order valence-corrected chi connectivity index (χ4v) is 3.88. The van der Waals surface area contributed by atoms with Crippen molar-refractivity contribution < 1.29 is 14.3 Å². The van der Waals surface area contributed by atoms with Crippen molar-refractivity contribution in [1.29, 1.82) is 0 Å². The molecule has 2 aromatic rings. The van der Waals surface area contributed by atoms with Gasteiger partial charge in [-0.25, -0.2) is 4.68 Å². The van der Waals surface area contributed by atoms with Gasteiger partial charge in [0.15, 0.2) is 0 Å². The van der Waals surface area contributed by atoms with E-state index in [2.05, 4.69) is 10.1 Å². The molecule has 8 heteroatoms. The maximum absolute atomic E-state index is 13.2. The number of fused-ring (bicyclic) bond motifs is 2. The molecule has 0 bridgehead atoms. The summed E-state index contributed by atoms with van der Waals surface area (Å²) in [4.78, 5) is 30.4. The first-order chi connectivity index (χ1) is 12.4. The van der Waals surface area contributed by atoms with Gasteiger partial charge >= 0.3 is 0 Å². The fraction of sp³-hybridized carbons (Fsp3) is 0.444. The molecule has 0 aromatic carbocycles. The number of ether oxygens (including phenoxy) is 1. The molecule has 2 aromatic heterocycles. The van der Waals surface area contributed by atoms with Crippen LogP contribution in [-0.2, 0) is 22.7 Å². The largest absolute Gasteiger partial charge is 0.368 e. The average Bonchev–Trinajstić information content (AvgIpc) is 3.12. The maximum Gasteiger partial charge on any atom is 0.267 e. The van der Waals surface area contributed by atoms with Gasteiger partial charge in [0.05, 0.1) is 24.3 Å². The summed E-state index contributed by atoms with van der Waals surface area (Å²) >= 11 is 0. The normalized spacial score (nSPS) is 22.1. The van der Waals surface area contributed by atoms with Gasteiger partial charge in [0.25, 0.3) is 5.91 Å². The second kappa shape index (κ2) is 5.91. The highest BCUT2D eigenvalue weighted by atomic mass is 16.5. The van der Waals surface area contributed by atoms with Gasteiger partial charge in [-0.2, -0.15) is 5.10 Å². The van der Waals surface area contributed by atoms with E-state index in [1.54, 1.807) is 24.2 Å². The van der Waals surface area contributed by atoms with Crippen molar-refractivity contribution in [3.05, 3.63) is 40.3 Å². The van der Waals surface area contributed by atoms with Crippen LogP contribution in [0.15, 0.2) is 12.3 Å². The van der Waals surface area contributed by atoms with Crippen LogP contribution in [-0.4, -0.2) is 33.6 Å². The molecule has 26 heavy (non-hydrogen) atoms. The molecular weight excluding hydrogens is 334 g/mol. The Morgan fingerprint density at radius 1 is 1.38 bits per heavy atom. The Morgan fingerprint density at radius 2 is 2.15 bits per heavy atom. The van der Waals surface area contributed by atoms with Gasteiger partial charge in [-0.1, -0.05) is 0 Å². The Morgan fingerprint density at radius 3 is 2.88 bits per heavy atom. The first-order valence-corrected chi connectivity index (χ1v) is 8.60. The molecule has 1 unspecified atom stereocenters. The number of carbonyl (C=O) groups excluding carboxylic acids is 2. The van der Waals surface area contributed by atoms with Crippen LogP contribution in [0.2, 0.25) is 0 Å². The predicted molar refractivity (Wildman–Crippen MR) is 93.5 cm³/mol. The zero-order chi connectivity index (χ0) is 18.6. The highest BCUT2D eigenvalue weighted by molar-refractivity contribution is 5.95. The summed E-state index contributed by atoms with van der Waals surface area (Å²) in [5, 5.41) is 4.55. The molecule has 0 aliphatic carbocycles. The molecule has 2 amide bonds. The molecule has 8 nitrogen and oxygen atoms in total. The summed E-state index contributed by atoms with van der Waals surface area (Å²) in [7, 11) is 1.78. The van der Waals surface area contributed by atoms with Crippen LogP contribution >= 0.6 is 0 Å². The molecule has 4 rings (SSSR count). The van der Waals surface area contributed by atoms with Gasteiger partial charge in [0.2, 0.25) is 5.91 Å². The minimum absolute atomic E-state index is 0.0120. The Labute approximate surface area is 150 Å². The number of rotatable bonds is 2. The number of carbonyl (C=O) groups is 2. The topological polar surface area (TPSA) is 103 Å². The SMILES string of the molecule is Cc1nn2c(c1C)N(C)C(=O)[C@H](C1OCc3cnc(C(N)=O)cc31)CC2. The second-order valence-electron chi connectivity index (χ2n) is 6.91. The monoisotopic (exact) mass is 355 g/mol. The highest BCUT2D eigenvalue weighted by Gasteiger charge is 2.40. The molecule has 4 heterocycles. The second-order valence-corrected chi connectivity index (χ2v) is 6.91. The van der Waals surface area contributed by atoms with Crippen LogP contribution in [0.3, 0.4) is 0 Å². The van der Waals surface area contributed by atoms with E-state index in [4.69, 9.17) is 10.5 Å². The Hall–Kier alpha value is -2.74. The summed E-state index contributed by atoms with van der Waals surface area (Å²) < 4.78 is 7.82. The van der Waals surface area contributed by atoms with Gasteiger partial charge < -0.3 is 10.5 Å². The smallest absolute Gasteiger partial charge is 0.267 e. The van der Waals surface area contributed by atoms with Gasteiger partial charge in [-0.3, -0.25) is 19.5 Å². The molecule has 2 aliphatic rings. The summed E-state index contributed by atoms with van der Waals surface area (Å²) in [5.41, 5.74) is 9.20. The average molecular weight is 355 g/mol. The molecule has 0 radical (unpaired) electrons.